The van der Waals surface area contributed by atoms with Crippen LogP contribution < -0.4 is 10.6 Å². The Kier molecular flexibility index (Phi) is 7.64. The number of carbonyl (C=O) groups excluding carboxylic acids is 1. The number of nitrogens with zero attached hydrogens (tertiary/aromatic N) is 1. The highest BCUT2D eigenvalue weighted by Gasteiger charge is 2.17. The molecule has 0 saturated carbocycles. The number of benzene rings is 1. The van der Waals surface area contributed by atoms with Crippen LogP contribution >= 0.6 is 39.7 Å². The van der Waals surface area contributed by atoms with Gasteiger partial charge in [-0.3, -0.25) is 4.79 Å². The molecule has 0 spiro atoms. The summed E-state index contributed by atoms with van der Waals surface area (Å²) in [6, 6.07) is 8.28. The summed E-state index contributed by atoms with van der Waals surface area (Å²) in [5, 5.41) is 6.79. The molecule has 1 aromatic carbocycles. The van der Waals surface area contributed by atoms with Crippen LogP contribution in [0.15, 0.2) is 34.9 Å². The number of thiazole rings is 1. The molecule has 0 bridgehead atoms. The average Bonchev–Trinajstić information content (AvgIpc) is 2.95. The summed E-state index contributed by atoms with van der Waals surface area (Å²) in [4.78, 5) is 17.5. The van der Waals surface area contributed by atoms with Gasteiger partial charge in [-0.25, -0.2) is 4.98 Å². The van der Waals surface area contributed by atoms with Gasteiger partial charge in [-0.05, 0) is 17.7 Å². The zero-order valence-corrected chi connectivity index (χ0v) is 16.2. The van der Waals surface area contributed by atoms with Gasteiger partial charge >= 0.3 is 0 Å². The molecule has 24 heavy (non-hydrogen) atoms. The summed E-state index contributed by atoms with van der Waals surface area (Å²) in [5.41, 5.74) is 1.21. The largest absolute Gasteiger partial charge is 0.378 e. The minimum Gasteiger partial charge on any atom is -0.378 e. The lowest BCUT2D eigenvalue weighted by Crippen LogP contribution is -2.43. The van der Waals surface area contributed by atoms with Gasteiger partial charge in [0.25, 0.3) is 0 Å². The van der Waals surface area contributed by atoms with Crippen molar-refractivity contribution in [2.75, 3.05) is 25.1 Å². The third-order valence-corrected chi connectivity index (χ3v) is 4.90. The zero-order chi connectivity index (χ0) is 16.1. The van der Waals surface area contributed by atoms with E-state index < -0.39 is 0 Å². The highest BCUT2D eigenvalue weighted by Crippen LogP contribution is 2.22. The van der Waals surface area contributed by atoms with Crippen molar-refractivity contribution < 1.29 is 9.53 Å². The second kappa shape index (κ2) is 9.48. The van der Waals surface area contributed by atoms with Gasteiger partial charge < -0.3 is 15.4 Å². The molecule has 2 aromatic rings. The smallest absolute Gasteiger partial charge is 0.227 e. The van der Waals surface area contributed by atoms with Crippen LogP contribution in [0.1, 0.15) is 16.9 Å². The zero-order valence-electron chi connectivity index (χ0n) is 13.0. The lowest BCUT2D eigenvalue weighted by atomic mass is 10.1. The molecule has 1 unspecified atom stereocenters. The van der Waals surface area contributed by atoms with Crippen LogP contribution in [0.25, 0.3) is 0 Å². The fraction of sp³-hybridized carbons (Fsp3) is 0.375. The number of amides is 1. The van der Waals surface area contributed by atoms with Gasteiger partial charge in [-0.1, -0.05) is 28.1 Å². The maximum Gasteiger partial charge on any atom is 0.227 e. The lowest BCUT2D eigenvalue weighted by Gasteiger charge is -2.22. The molecule has 1 aromatic heterocycles. The summed E-state index contributed by atoms with van der Waals surface area (Å²) in [6.45, 7) is 2.09. The maximum absolute atomic E-state index is 12.0. The van der Waals surface area contributed by atoms with Crippen LogP contribution in [0.2, 0.25) is 0 Å². The standard InChI is InChI=1S/C16H18BrN3O2S.ClH/c17-12-3-1-2-11(6-12)7-14-9-19-16(23-14)20-15(21)8-13-10-22-5-4-18-13;/h1-3,6,9,13,18H,4-5,7-8,10H2,(H,19,20,21);1H. The van der Waals surface area contributed by atoms with E-state index in [-0.39, 0.29) is 24.4 Å². The molecule has 130 valence electrons. The van der Waals surface area contributed by atoms with Crippen LogP contribution in [0.5, 0.6) is 0 Å². The van der Waals surface area contributed by atoms with Crippen LogP contribution in [0, 0.1) is 0 Å². The molecule has 1 amide bonds. The van der Waals surface area contributed by atoms with Crippen LogP contribution in [0.3, 0.4) is 0 Å². The second-order valence-electron chi connectivity index (χ2n) is 5.42. The summed E-state index contributed by atoms with van der Waals surface area (Å²) in [5.74, 6) is -0.0312. The van der Waals surface area contributed by atoms with Crippen molar-refractivity contribution in [2.24, 2.45) is 0 Å². The molecular weight excluding hydrogens is 414 g/mol. The molecule has 0 aliphatic carbocycles. The Morgan fingerprint density at radius 3 is 3.12 bits per heavy atom. The number of hydrogen-bond acceptors (Lipinski definition) is 5. The van der Waals surface area contributed by atoms with Gasteiger partial charge in [0, 0.05) is 41.0 Å². The first-order valence-electron chi connectivity index (χ1n) is 7.49. The van der Waals surface area contributed by atoms with Crippen molar-refractivity contribution in [3.05, 3.63) is 45.4 Å². The fourth-order valence-electron chi connectivity index (χ4n) is 2.44. The lowest BCUT2D eigenvalue weighted by molar-refractivity contribution is -0.117. The number of nitrogens with one attached hydrogen (secondary N) is 2. The van der Waals surface area contributed by atoms with Crippen LogP contribution in [-0.4, -0.2) is 36.7 Å². The molecular formula is C16H19BrClN3O2S. The average molecular weight is 433 g/mol. The summed E-state index contributed by atoms with van der Waals surface area (Å²) in [7, 11) is 0. The number of morpholine rings is 1. The number of rotatable bonds is 5. The second-order valence-corrected chi connectivity index (χ2v) is 7.45. The normalized spacial score (nSPS) is 17.1. The summed E-state index contributed by atoms with van der Waals surface area (Å²) in [6.07, 6.45) is 3.04. The number of hydrogen-bond donors (Lipinski definition) is 2. The van der Waals surface area contributed by atoms with E-state index in [0.717, 1.165) is 22.3 Å². The van der Waals surface area contributed by atoms with Crippen molar-refractivity contribution in [3.63, 3.8) is 0 Å². The van der Waals surface area contributed by atoms with Gasteiger partial charge in [0.1, 0.15) is 0 Å². The Bertz CT molecular complexity index is 677. The predicted molar refractivity (Wildman–Crippen MR) is 102 cm³/mol. The monoisotopic (exact) mass is 431 g/mol. The van der Waals surface area contributed by atoms with Crippen molar-refractivity contribution in [3.8, 4) is 0 Å². The van der Waals surface area contributed by atoms with Crippen molar-refractivity contribution in [1.29, 1.82) is 0 Å². The Balaban J connectivity index is 0.00000208. The first kappa shape index (κ1) is 19.3. The van der Waals surface area contributed by atoms with Gasteiger partial charge in [-0.15, -0.1) is 23.7 Å². The SMILES string of the molecule is Cl.O=C(CC1COCCN1)Nc1ncc(Cc2cccc(Br)c2)s1. The first-order chi connectivity index (χ1) is 11.2. The van der Waals surface area contributed by atoms with Crippen LogP contribution in [0.4, 0.5) is 5.13 Å². The topological polar surface area (TPSA) is 63.2 Å². The van der Waals surface area contributed by atoms with Crippen molar-refractivity contribution in [2.45, 2.75) is 18.9 Å². The third kappa shape index (κ3) is 5.82. The summed E-state index contributed by atoms with van der Waals surface area (Å²) >= 11 is 4.99. The van der Waals surface area contributed by atoms with Crippen LogP contribution in [-0.2, 0) is 16.0 Å². The third-order valence-electron chi connectivity index (χ3n) is 3.50. The molecule has 5 nitrogen and oxygen atoms in total. The Morgan fingerprint density at radius 2 is 2.38 bits per heavy atom. The number of ether oxygens (including phenoxy) is 1. The molecule has 1 atom stereocenters. The van der Waals surface area contributed by atoms with E-state index in [1.807, 2.05) is 18.3 Å². The van der Waals surface area contributed by atoms with E-state index in [1.165, 1.54) is 16.9 Å². The maximum atomic E-state index is 12.0. The van der Waals surface area contributed by atoms with E-state index in [1.54, 1.807) is 0 Å². The minimum absolute atomic E-state index is 0. The van der Waals surface area contributed by atoms with E-state index >= 15 is 0 Å². The molecule has 1 saturated heterocycles. The van der Waals surface area contributed by atoms with Crippen molar-refractivity contribution >= 4 is 50.7 Å². The Labute approximate surface area is 159 Å². The molecule has 1 aliphatic rings. The predicted octanol–water partition coefficient (Wildman–Crippen LogP) is 3.24. The highest BCUT2D eigenvalue weighted by molar-refractivity contribution is 9.10. The van der Waals surface area contributed by atoms with E-state index in [9.17, 15) is 4.79 Å². The summed E-state index contributed by atoms with van der Waals surface area (Å²) < 4.78 is 6.42. The quantitative estimate of drug-likeness (QED) is 0.761. The van der Waals surface area contributed by atoms with Crippen molar-refractivity contribution in [1.82, 2.24) is 10.3 Å². The molecule has 0 radical (unpaired) electrons. The number of carbonyl (C=O) groups is 1. The van der Waals surface area contributed by atoms with Gasteiger partial charge in [0.2, 0.25) is 5.91 Å². The molecule has 1 aliphatic heterocycles. The molecule has 8 heteroatoms. The highest BCUT2D eigenvalue weighted by atomic mass is 79.9. The number of halogens is 2. The van der Waals surface area contributed by atoms with E-state index in [2.05, 4.69) is 43.7 Å². The van der Waals surface area contributed by atoms with Gasteiger partial charge in [0.05, 0.1) is 13.2 Å². The Morgan fingerprint density at radius 1 is 1.50 bits per heavy atom. The molecule has 1 fully saturated rings. The van der Waals surface area contributed by atoms with E-state index in [0.29, 0.717) is 24.8 Å². The number of anilines is 1. The van der Waals surface area contributed by atoms with Gasteiger partial charge in [-0.2, -0.15) is 0 Å². The Hall–Kier alpha value is -0.990. The molecule has 3 rings (SSSR count). The van der Waals surface area contributed by atoms with Gasteiger partial charge in [0.15, 0.2) is 5.13 Å². The minimum atomic E-state index is -0.0312. The fourth-order valence-corrected chi connectivity index (χ4v) is 3.75. The number of aromatic nitrogens is 1. The van der Waals surface area contributed by atoms with E-state index in [4.69, 9.17) is 4.74 Å². The first-order valence-corrected chi connectivity index (χ1v) is 9.10. The molecule has 2 heterocycles. The molecule has 2 N–H and O–H groups in total.